The summed E-state index contributed by atoms with van der Waals surface area (Å²) < 4.78 is 27.1. The monoisotopic (exact) mass is 486 g/mol. The Labute approximate surface area is 201 Å². The Bertz CT molecular complexity index is 1210. The average molecular weight is 487 g/mol. The van der Waals surface area contributed by atoms with Gasteiger partial charge in [0.1, 0.15) is 23.4 Å². The second-order valence-corrected chi connectivity index (χ2v) is 10.5. The first-order valence-electron chi connectivity index (χ1n) is 11.8. The smallest absolute Gasteiger partial charge is 0.252 e. The Morgan fingerprint density at radius 3 is 2.60 bits per heavy atom. The number of allylic oxidation sites excluding steroid dienone is 2. The van der Waals surface area contributed by atoms with Gasteiger partial charge in [0.05, 0.1) is 11.7 Å². The van der Waals surface area contributed by atoms with E-state index in [0.29, 0.717) is 36.9 Å². The van der Waals surface area contributed by atoms with Crippen LogP contribution in [0.25, 0.3) is 0 Å². The number of aliphatic hydroxyl groups excluding tert-OH is 3. The predicted octanol–water partition coefficient (Wildman–Crippen LogP) is 2.61. The number of carbonyl (C=O) groups is 2. The van der Waals surface area contributed by atoms with Crippen molar-refractivity contribution in [3.05, 3.63) is 69.8 Å². The average Bonchev–Trinajstić information content (AvgIpc) is 3.48. The van der Waals surface area contributed by atoms with Crippen molar-refractivity contribution in [1.29, 1.82) is 0 Å². The number of nitrogens with zero attached hydrogens (tertiary/aromatic N) is 1. The predicted molar refractivity (Wildman–Crippen MR) is 121 cm³/mol. The largest absolute Gasteiger partial charge is 0.507 e. The summed E-state index contributed by atoms with van der Waals surface area (Å²) in [6, 6.07) is 2.99. The molecule has 1 aromatic carbocycles. The van der Waals surface area contributed by atoms with Gasteiger partial charge in [-0.3, -0.25) is 9.59 Å². The lowest BCUT2D eigenvalue weighted by Crippen LogP contribution is -2.50. The number of amides is 1. The molecule has 35 heavy (non-hydrogen) atoms. The van der Waals surface area contributed by atoms with E-state index in [1.165, 1.54) is 17.2 Å². The molecule has 1 amide bonds. The standard InChI is InChI=1S/C26H28F2N2O5/c1-12(2)5-16-19-20(16)26(7-15(31)8-26)11-30-10-17(22(32)24(34)21(30)23(19)33)25(35)29-9-13-3-4-14(27)6-18(13)28/h3-4,6,10,12,15,20,22,31-32,34H,5,7-9,11H2,1-2H3,(H,29,35)/t15-,20?,22?,26+. The van der Waals surface area contributed by atoms with Crippen LogP contribution in [0.5, 0.6) is 0 Å². The van der Waals surface area contributed by atoms with Gasteiger partial charge in [0, 0.05) is 47.8 Å². The summed E-state index contributed by atoms with van der Waals surface area (Å²) in [5, 5.41) is 34.1. The Kier molecular flexibility index (Phi) is 5.60. The molecule has 2 aliphatic heterocycles. The van der Waals surface area contributed by atoms with Crippen LogP contribution in [0.2, 0.25) is 0 Å². The van der Waals surface area contributed by atoms with Gasteiger partial charge in [0.15, 0.2) is 5.76 Å². The molecule has 2 atom stereocenters. The number of halogens is 2. The molecule has 2 fully saturated rings. The Morgan fingerprint density at radius 2 is 1.97 bits per heavy atom. The van der Waals surface area contributed by atoms with Crippen LogP contribution < -0.4 is 5.32 Å². The van der Waals surface area contributed by atoms with Crippen LogP contribution in [0.15, 0.2) is 52.6 Å². The number of hydrogen-bond acceptors (Lipinski definition) is 6. The van der Waals surface area contributed by atoms with E-state index < -0.39 is 35.5 Å². The lowest BCUT2D eigenvalue weighted by molar-refractivity contribution is -0.119. The number of hydrogen-bond donors (Lipinski definition) is 4. The van der Waals surface area contributed by atoms with Crippen molar-refractivity contribution in [1.82, 2.24) is 10.2 Å². The first-order chi connectivity index (χ1) is 16.5. The summed E-state index contributed by atoms with van der Waals surface area (Å²) in [4.78, 5) is 27.8. The van der Waals surface area contributed by atoms with Gasteiger partial charge >= 0.3 is 0 Å². The van der Waals surface area contributed by atoms with E-state index in [-0.39, 0.29) is 40.5 Å². The third-order valence-corrected chi connectivity index (χ3v) is 7.46. The highest BCUT2D eigenvalue weighted by Crippen LogP contribution is 2.64. The van der Waals surface area contributed by atoms with Crippen LogP contribution in [0, 0.1) is 28.9 Å². The quantitative estimate of drug-likeness (QED) is 0.510. The minimum Gasteiger partial charge on any atom is -0.507 e. The molecular formula is C26H28F2N2O5. The van der Waals surface area contributed by atoms with Crippen molar-refractivity contribution in [2.24, 2.45) is 17.3 Å². The fourth-order valence-electron chi connectivity index (χ4n) is 5.91. The first kappa shape index (κ1) is 23.7. The number of rotatable bonds is 5. The van der Waals surface area contributed by atoms with E-state index in [9.17, 15) is 33.7 Å². The molecule has 1 aromatic rings. The highest BCUT2D eigenvalue weighted by atomic mass is 19.1. The normalized spacial score (nSPS) is 29.6. The van der Waals surface area contributed by atoms with Gasteiger partial charge in [-0.25, -0.2) is 8.78 Å². The van der Waals surface area contributed by atoms with E-state index in [4.69, 9.17) is 0 Å². The second kappa shape index (κ2) is 8.27. The minimum absolute atomic E-state index is 0.0457. The lowest BCUT2D eigenvalue weighted by Gasteiger charge is -2.48. The maximum atomic E-state index is 13.9. The number of ketones is 1. The van der Waals surface area contributed by atoms with Crippen molar-refractivity contribution in [3.8, 4) is 0 Å². The molecule has 186 valence electrons. The summed E-state index contributed by atoms with van der Waals surface area (Å²) in [7, 11) is 0. The fraction of sp³-hybridized carbons (Fsp3) is 0.462. The van der Waals surface area contributed by atoms with E-state index in [1.807, 2.05) is 0 Å². The van der Waals surface area contributed by atoms with Crippen LogP contribution >= 0.6 is 0 Å². The highest BCUT2D eigenvalue weighted by Gasteiger charge is 2.63. The molecule has 0 bridgehead atoms. The first-order valence-corrected chi connectivity index (χ1v) is 11.8. The molecular weight excluding hydrogens is 458 g/mol. The van der Waals surface area contributed by atoms with Gasteiger partial charge in [0.2, 0.25) is 5.78 Å². The summed E-state index contributed by atoms with van der Waals surface area (Å²) >= 11 is 0. The number of benzene rings is 1. The third-order valence-electron chi connectivity index (χ3n) is 7.46. The van der Waals surface area contributed by atoms with Crippen LogP contribution in [-0.4, -0.2) is 50.7 Å². The van der Waals surface area contributed by atoms with Crippen molar-refractivity contribution < 1.29 is 33.7 Å². The Hall–Kier alpha value is -3.04. The van der Waals surface area contributed by atoms with Crippen LogP contribution in [0.1, 0.15) is 38.7 Å². The van der Waals surface area contributed by atoms with Gasteiger partial charge in [-0.05, 0) is 31.2 Å². The summed E-state index contributed by atoms with van der Waals surface area (Å²) in [5.74, 6) is -3.00. The molecule has 1 saturated heterocycles. The number of aliphatic hydroxyl groups is 3. The molecule has 4 aliphatic rings. The summed E-state index contributed by atoms with van der Waals surface area (Å²) in [5.41, 5.74) is 1.14. The maximum Gasteiger partial charge on any atom is 0.252 e. The molecule has 0 radical (unpaired) electrons. The zero-order valence-electron chi connectivity index (χ0n) is 19.5. The molecule has 9 heteroatoms. The number of carbonyl (C=O) groups excluding carboxylic acids is 2. The molecule has 2 heterocycles. The molecule has 4 N–H and O–H groups in total. The van der Waals surface area contributed by atoms with E-state index in [2.05, 4.69) is 19.2 Å². The number of Topliss-reactive ketones (excluding diaryl/α,β-unsaturated/α-hetero) is 1. The van der Waals surface area contributed by atoms with E-state index >= 15 is 0 Å². The number of nitrogens with one attached hydrogen (secondary N) is 1. The maximum absolute atomic E-state index is 13.9. The van der Waals surface area contributed by atoms with Crippen molar-refractivity contribution in [2.45, 2.75) is 51.9 Å². The summed E-state index contributed by atoms with van der Waals surface area (Å²) in [6.45, 7) is 4.19. The molecule has 5 rings (SSSR count). The lowest BCUT2D eigenvalue weighted by atomic mass is 9.61. The van der Waals surface area contributed by atoms with Crippen molar-refractivity contribution in [2.75, 3.05) is 6.54 Å². The molecule has 1 saturated carbocycles. The SMILES string of the molecule is CC(C)CC1=C2C(=O)C3=C(O)C(O)C(C(=O)NCc4ccc(F)cc4F)=CN3C[C@]3(C[C@H](O)C3)C12. The van der Waals surface area contributed by atoms with E-state index in [0.717, 1.165) is 18.1 Å². The van der Waals surface area contributed by atoms with Crippen LogP contribution in [0.3, 0.4) is 0 Å². The Morgan fingerprint density at radius 1 is 1.26 bits per heavy atom. The van der Waals surface area contributed by atoms with Crippen molar-refractivity contribution >= 4 is 11.7 Å². The van der Waals surface area contributed by atoms with Gasteiger partial charge < -0.3 is 25.5 Å². The fourth-order valence-corrected chi connectivity index (χ4v) is 5.91. The van der Waals surface area contributed by atoms with Crippen LogP contribution in [0.4, 0.5) is 8.78 Å². The molecule has 7 nitrogen and oxygen atoms in total. The van der Waals surface area contributed by atoms with Gasteiger partial charge in [-0.15, -0.1) is 0 Å². The van der Waals surface area contributed by atoms with Gasteiger partial charge in [0.25, 0.3) is 5.91 Å². The minimum atomic E-state index is -1.73. The Balaban J connectivity index is 1.42. The van der Waals surface area contributed by atoms with Crippen LogP contribution in [-0.2, 0) is 16.1 Å². The van der Waals surface area contributed by atoms with Gasteiger partial charge in [-0.2, -0.15) is 0 Å². The molecule has 2 aliphatic carbocycles. The highest BCUT2D eigenvalue weighted by molar-refractivity contribution is 6.14. The molecule has 0 aromatic heterocycles. The number of fused-ring (bicyclic) bond motifs is 3. The zero-order valence-corrected chi connectivity index (χ0v) is 19.5. The third kappa shape index (κ3) is 3.87. The topological polar surface area (TPSA) is 110 Å². The second-order valence-electron chi connectivity index (χ2n) is 10.5. The zero-order chi connectivity index (χ0) is 25.2. The van der Waals surface area contributed by atoms with Gasteiger partial charge in [-0.1, -0.05) is 25.5 Å². The summed E-state index contributed by atoms with van der Waals surface area (Å²) in [6.07, 6.45) is 0.914. The van der Waals surface area contributed by atoms with Crippen molar-refractivity contribution in [3.63, 3.8) is 0 Å². The molecule has 2 unspecified atom stereocenters. The molecule has 1 spiro atoms. The van der Waals surface area contributed by atoms with E-state index in [1.54, 1.807) is 0 Å².